The topological polar surface area (TPSA) is 0 Å². The molecule has 2 aromatic rings. The minimum Gasteiger partial charge on any atom is -0.0636 e. The molecular formula is C23H28Si. The molecule has 0 saturated heterocycles. The minimum atomic E-state index is -1.97. The van der Waals surface area contributed by atoms with Gasteiger partial charge in [-0.05, 0) is 49.6 Å². The molecule has 0 radical (unpaired) electrons. The smallest absolute Gasteiger partial charge is 0.0636 e. The maximum absolute atomic E-state index is 2.54. The summed E-state index contributed by atoms with van der Waals surface area (Å²) >= 11 is 0. The molecule has 1 aliphatic rings. The Hall–Kier alpha value is -1.86. The fourth-order valence-electron chi connectivity index (χ4n) is 4.38. The molecule has 2 atom stereocenters. The monoisotopic (exact) mass is 332 g/mol. The zero-order chi connectivity index (χ0) is 17.5. The molecule has 1 aliphatic carbocycles. The molecule has 0 bridgehead atoms. The van der Waals surface area contributed by atoms with Gasteiger partial charge >= 0.3 is 0 Å². The Labute approximate surface area is 147 Å². The van der Waals surface area contributed by atoms with E-state index in [4.69, 9.17) is 0 Å². The van der Waals surface area contributed by atoms with Gasteiger partial charge < -0.3 is 0 Å². The molecule has 124 valence electrons. The molecule has 24 heavy (non-hydrogen) atoms. The summed E-state index contributed by atoms with van der Waals surface area (Å²) in [5.74, 6) is 0.544. The molecule has 0 heterocycles. The lowest BCUT2D eigenvalue weighted by Gasteiger charge is -2.34. The van der Waals surface area contributed by atoms with Crippen molar-refractivity contribution < 1.29 is 0 Å². The summed E-state index contributed by atoms with van der Waals surface area (Å²) in [6.07, 6.45) is 0. The highest BCUT2D eigenvalue weighted by atomic mass is 28.3. The van der Waals surface area contributed by atoms with Crippen LogP contribution in [0.25, 0.3) is 0 Å². The lowest BCUT2D eigenvalue weighted by Crippen LogP contribution is -2.58. The highest BCUT2D eigenvalue weighted by molar-refractivity contribution is 7.06. The first kappa shape index (κ1) is 17.0. The molecule has 0 N–H and O–H groups in total. The van der Waals surface area contributed by atoms with E-state index >= 15 is 0 Å². The van der Waals surface area contributed by atoms with Gasteiger partial charge in [0, 0.05) is 0 Å². The quantitative estimate of drug-likeness (QED) is 0.692. The Morgan fingerprint density at radius 3 is 1.92 bits per heavy atom. The number of hydrogen-bond acceptors (Lipinski definition) is 0. The Kier molecular flexibility index (Phi) is 4.40. The first-order valence-corrected chi connectivity index (χ1v) is 11.4. The number of hydrogen-bond donors (Lipinski definition) is 0. The van der Waals surface area contributed by atoms with Crippen molar-refractivity contribution in [1.29, 1.82) is 0 Å². The van der Waals surface area contributed by atoms with Gasteiger partial charge in [0.05, 0.1) is 0 Å². The van der Waals surface area contributed by atoms with E-state index in [-0.39, 0.29) is 0 Å². The van der Waals surface area contributed by atoms with Gasteiger partial charge in [0.1, 0.15) is 8.07 Å². The molecule has 1 heteroatoms. The van der Waals surface area contributed by atoms with Crippen LogP contribution >= 0.6 is 0 Å². The van der Waals surface area contributed by atoms with Gasteiger partial charge in [0.25, 0.3) is 0 Å². The fraction of sp³-hybridized carbons (Fsp3) is 0.304. The molecule has 0 saturated carbocycles. The van der Waals surface area contributed by atoms with E-state index in [1.54, 1.807) is 10.8 Å². The second-order valence-electron chi connectivity index (χ2n) is 7.43. The molecule has 2 aromatic carbocycles. The van der Waals surface area contributed by atoms with E-state index in [2.05, 4.69) is 95.8 Å². The molecule has 0 amide bonds. The van der Waals surface area contributed by atoms with Crippen LogP contribution in [0.3, 0.4) is 0 Å². The summed E-state index contributed by atoms with van der Waals surface area (Å²) in [5, 5.41) is 4.73. The summed E-state index contributed by atoms with van der Waals surface area (Å²) in [6, 6.07) is 20.4. The molecular weight excluding hydrogens is 304 g/mol. The van der Waals surface area contributed by atoms with Crippen LogP contribution in [0, 0.1) is 12.8 Å². The molecule has 0 fully saturated rings. The Morgan fingerprint density at radius 1 is 0.750 bits per heavy atom. The van der Waals surface area contributed by atoms with E-state index in [0.29, 0.717) is 5.92 Å². The summed E-state index contributed by atoms with van der Waals surface area (Å²) in [4.78, 5) is 0. The number of allylic oxidation sites excluding steroid dienone is 4. The molecule has 0 aromatic heterocycles. The van der Waals surface area contributed by atoms with Crippen molar-refractivity contribution in [2.75, 3.05) is 0 Å². The van der Waals surface area contributed by atoms with Crippen LogP contribution in [0.15, 0.2) is 76.5 Å². The Balaban J connectivity index is 2.30. The average Bonchev–Trinajstić information content (AvgIpc) is 2.79. The van der Waals surface area contributed by atoms with Gasteiger partial charge in [-0.25, -0.2) is 0 Å². The number of benzene rings is 2. The van der Waals surface area contributed by atoms with Crippen molar-refractivity contribution in [2.45, 2.75) is 41.2 Å². The predicted molar refractivity (Wildman–Crippen MR) is 109 cm³/mol. The maximum Gasteiger partial charge on any atom is 0.142 e. The Bertz CT molecular complexity index is 826. The van der Waals surface area contributed by atoms with E-state index < -0.39 is 8.07 Å². The lowest BCUT2D eigenvalue weighted by molar-refractivity contribution is 0.850. The van der Waals surface area contributed by atoms with Crippen LogP contribution in [0.1, 0.15) is 33.3 Å². The first-order chi connectivity index (χ1) is 11.4. The zero-order valence-electron chi connectivity index (χ0n) is 15.8. The maximum atomic E-state index is 2.54. The number of aryl methyl sites for hydroxylation is 1. The van der Waals surface area contributed by atoms with Gasteiger partial charge in [-0.1, -0.05) is 90.0 Å². The molecule has 0 nitrogen and oxygen atoms in total. The van der Waals surface area contributed by atoms with Crippen LogP contribution in [0.2, 0.25) is 6.55 Å². The van der Waals surface area contributed by atoms with Crippen molar-refractivity contribution in [3.63, 3.8) is 0 Å². The van der Waals surface area contributed by atoms with E-state index in [1.807, 2.05) is 0 Å². The Morgan fingerprint density at radius 2 is 1.38 bits per heavy atom. The van der Waals surface area contributed by atoms with E-state index in [0.717, 1.165) is 0 Å². The standard InChI is InChI=1S/C23H28Si/c1-16-11-10-14-22(15-16)24(6,21-12-8-7-9-13-21)23-19(4)17(2)18(3)20(23)5/h7-15,19H,1-6H3. The largest absolute Gasteiger partial charge is 0.142 e. The minimum absolute atomic E-state index is 0.544. The molecule has 2 unspecified atom stereocenters. The van der Waals surface area contributed by atoms with Crippen LogP contribution in [-0.2, 0) is 0 Å². The van der Waals surface area contributed by atoms with Crippen molar-refractivity contribution in [2.24, 2.45) is 5.92 Å². The van der Waals surface area contributed by atoms with Crippen molar-refractivity contribution >= 4 is 18.4 Å². The summed E-state index contributed by atoms with van der Waals surface area (Å²) in [6.45, 7) is 14.1. The third-order valence-corrected chi connectivity index (χ3v) is 11.0. The molecule has 0 aliphatic heterocycles. The van der Waals surface area contributed by atoms with Gasteiger partial charge in [-0.2, -0.15) is 0 Å². The lowest BCUT2D eigenvalue weighted by atomic mass is 10.1. The zero-order valence-corrected chi connectivity index (χ0v) is 16.8. The van der Waals surface area contributed by atoms with E-state index in [9.17, 15) is 0 Å². The van der Waals surface area contributed by atoms with E-state index in [1.165, 1.54) is 27.1 Å². The van der Waals surface area contributed by atoms with Crippen molar-refractivity contribution in [3.05, 3.63) is 82.1 Å². The highest BCUT2D eigenvalue weighted by Gasteiger charge is 2.42. The summed E-state index contributed by atoms with van der Waals surface area (Å²) in [7, 11) is -1.97. The van der Waals surface area contributed by atoms with Crippen molar-refractivity contribution in [3.8, 4) is 0 Å². The third-order valence-electron chi connectivity index (χ3n) is 6.13. The van der Waals surface area contributed by atoms with Crippen LogP contribution < -0.4 is 10.4 Å². The second kappa shape index (κ2) is 6.21. The van der Waals surface area contributed by atoms with Gasteiger partial charge in [0.15, 0.2) is 0 Å². The fourth-order valence-corrected chi connectivity index (χ4v) is 9.16. The van der Waals surface area contributed by atoms with Gasteiger partial charge in [0.2, 0.25) is 0 Å². The van der Waals surface area contributed by atoms with Crippen LogP contribution in [0.5, 0.6) is 0 Å². The average molecular weight is 333 g/mol. The van der Waals surface area contributed by atoms with Crippen molar-refractivity contribution in [1.82, 2.24) is 0 Å². The third kappa shape index (κ3) is 2.52. The van der Waals surface area contributed by atoms with Crippen LogP contribution in [0.4, 0.5) is 0 Å². The SMILES string of the molecule is CC1=C(C)C(C)C([Si](C)(c2ccccc2)c2cccc(C)c2)=C1C. The number of rotatable bonds is 3. The summed E-state index contributed by atoms with van der Waals surface area (Å²) in [5.41, 5.74) is 5.93. The summed E-state index contributed by atoms with van der Waals surface area (Å²) < 4.78 is 0. The highest BCUT2D eigenvalue weighted by Crippen LogP contribution is 2.41. The molecule has 0 spiro atoms. The van der Waals surface area contributed by atoms with Gasteiger partial charge in [-0.15, -0.1) is 0 Å². The normalized spacial score (nSPS) is 20.5. The molecule has 3 rings (SSSR count). The van der Waals surface area contributed by atoms with Crippen LogP contribution in [-0.4, -0.2) is 8.07 Å². The predicted octanol–water partition coefficient (Wildman–Crippen LogP) is 5.03. The second-order valence-corrected chi connectivity index (χ2v) is 11.4. The van der Waals surface area contributed by atoms with Gasteiger partial charge in [-0.3, -0.25) is 0 Å². The first-order valence-electron chi connectivity index (χ1n) is 8.89.